The molecule has 0 aromatic carbocycles. The molecule has 0 saturated heterocycles. The molecule has 0 amide bonds. The highest BCUT2D eigenvalue weighted by Gasteiger charge is 2.71. The number of esters is 1. The van der Waals surface area contributed by atoms with Crippen LogP contribution in [0.5, 0.6) is 0 Å². The van der Waals surface area contributed by atoms with E-state index in [0.29, 0.717) is 19.3 Å². The van der Waals surface area contributed by atoms with E-state index < -0.39 is 45.6 Å². The van der Waals surface area contributed by atoms with Gasteiger partial charge in [0.25, 0.3) is 5.60 Å². The third-order valence-electron chi connectivity index (χ3n) is 6.23. The largest absolute Gasteiger partial charge is 0.464 e. The number of alkyl halides is 7. The first-order valence-electron chi connectivity index (χ1n) is 8.86. The van der Waals surface area contributed by atoms with Gasteiger partial charge in [0.05, 0.1) is 6.61 Å². The fraction of sp³-hybridized carbons (Fsp3) is 0.941. The highest BCUT2D eigenvalue weighted by molar-refractivity contribution is 14.1. The molecule has 2 aliphatic rings. The molecule has 10 heteroatoms. The van der Waals surface area contributed by atoms with Crippen LogP contribution in [0.3, 0.4) is 0 Å². The van der Waals surface area contributed by atoms with Gasteiger partial charge < -0.3 is 9.84 Å². The maximum atomic E-state index is 13.0. The zero-order chi connectivity index (χ0) is 20.8. The van der Waals surface area contributed by atoms with Crippen molar-refractivity contribution in [3.63, 3.8) is 0 Å². The van der Waals surface area contributed by atoms with Gasteiger partial charge in [-0.1, -0.05) is 29.5 Å². The normalized spacial score (nSPS) is 31.0. The Morgan fingerprint density at radius 3 is 2.19 bits per heavy atom. The molecule has 2 saturated carbocycles. The summed E-state index contributed by atoms with van der Waals surface area (Å²) in [6.07, 6.45) is -11.1. The van der Waals surface area contributed by atoms with E-state index in [0.717, 1.165) is 0 Å². The molecule has 0 radical (unpaired) electrons. The summed E-state index contributed by atoms with van der Waals surface area (Å²) in [4.78, 5) is 12.1. The van der Waals surface area contributed by atoms with E-state index in [9.17, 15) is 36.2 Å². The van der Waals surface area contributed by atoms with Crippen molar-refractivity contribution in [2.45, 2.75) is 67.3 Å². The van der Waals surface area contributed by atoms with E-state index in [-0.39, 0.29) is 24.9 Å². The second kappa shape index (κ2) is 7.53. The second-order valence-corrected chi connectivity index (χ2v) is 10.3. The van der Waals surface area contributed by atoms with E-state index in [4.69, 9.17) is 4.74 Å². The summed E-state index contributed by atoms with van der Waals surface area (Å²) in [7, 11) is 0. The predicted octanol–water partition coefficient (Wildman–Crippen LogP) is 5.04. The Morgan fingerprint density at radius 1 is 1.15 bits per heavy atom. The fourth-order valence-electron chi connectivity index (χ4n) is 4.36. The molecular formula is C17H23F6IO3. The number of hydrogen-bond acceptors (Lipinski definition) is 3. The van der Waals surface area contributed by atoms with Gasteiger partial charge in [0.15, 0.2) is 0 Å². The molecule has 0 heterocycles. The number of fused-ring (bicyclic) bond motifs is 2. The van der Waals surface area contributed by atoms with E-state index in [1.54, 1.807) is 6.92 Å². The van der Waals surface area contributed by atoms with Crippen LogP contribution < -0.4 is 0 Å². The van der Waals surface area contributed by atoms with Gasteiger partial charge in [-0.05, 0) is 62.7 Å². The summed E-state index contributed by atoms with van der Waals surface area (Å²) >= 11 is 1.96. The minimum Gasteiger partial charge on any atom is -0.464 e. The SMILES string of the molecule is CCC(C)(I)C(=O)OCC1C2CCC1C(CC(O)(C(F)(F)F)C(F)(F)F)C2. The first-order chi connectivity index (χ1) is 12.1. The summed E-state index contributed by atoms with van der Waals surface area (Å²) in [6.45, 7) is 3.52. The maximum absolute atomic E-state index is 13.0. The molecule has 5 unspecified atom stereocenters. The smallest absolute Gasteiger partial charge is 0.426 e. The zero-order valence-corrected chi connectivity index (χ0v) is 17.1. The van der Waals surface area contributed by atoms with E-state index in [2.05, 4.69) is 0 Å². The van der Waals surface area contributed by atoms with Crippen molar-refractivity contribution < 1.29 is 41.0 Å². The molecule has 3 nitrogen and oxygen atoms in total. The average molecular weight is 516 g/mol. The lowest BCUT2D eigenvalue weighted by atomic mass is 9.79. The monoisotopic (exact) mass is 516 g/mol. The molecule has 0 aromatic rings. The minimum absolute atomic E-state index is 0.000275. The van der Waals surface area contributed by atoms with Crippen LogP contribution in [-0.2, 0) is 9.53 Å². The maximum Gasteiger partial charge on any atom is 0.426 e. The molecule has 0 spiro atoms. The van der Waals surface area contributed by atoms with Crippen molar-refractivity contribution in [2.75, 3.05) is 6.61 Å². The molecule has 1 N–H and O–H groups in total. The topological polar surface area (TPSA) is 46.5 Å². The van der Waals surface area contributed by atoms with E-state index >= 15 is 0 Å². The number of aliphatic hydroxyl groups is 1. The number of halogens is 7. The second-order valence-electron chi connectivity index (χ2n) is 7.87. The summed E-state index contributed by atoms with van der Waals surface area (Å²) in [5.74, 6) is -2.09. The molecule has 2 rings (SSSR count). The highest BCUT2D eigenvalue weighted by atomic mass is 127. The predicted molar refractivity (Wildman–Crippen MR) is 93.2 cm³/mol. The van der Waals surface area contributed by atoms with Crippen molar-refractivity contribution >= 4 is 28.6 Å². The van der Waals surface area contributed by atoms with Gasteiger partial charge in [0, 0.05) is 0 Å². The van der Waals surface area contributed by atoms with Gasteiger partial charge in [-0.2, -0.15) is 26.3 Å². The highest BCUT2D eigenvalue weighted by Crippen LogP contribution is 2.58. The number of hydrogen-bond donors (Lipinski definition) is 1. The summed E-state index contributed by atoms with van der Waals surface area (Å²) in [5, 5.41) is 9.48. The standard InChI is InChI=1S/C17H23F6IO3/c1-3-14(2,24)13(25)27-8-12-9-4-5-11(12)10(6-9)7-15(26,16(18,19)20)17(21,22)23/h9-12,26H,3-8H2,1-2H3. The van der Waals surface area contributed by atoms with Gasteiger partial charge in [-0.15, -0.1) is 0 Å². The van der Waals surface area contributed by atoms with Crippen LogP contribution >= 0.6 is 22.6 Å². The Morgan fingerprint density at radius 2 is 1.70 bits per heavy atom. The first kappa shape index (κ1) is 23.0. The average Bonchev–Trinajstić information content (AvgIpc) is 3.06. The number of carbonyl (C=O) groups is 1. The number of carbonyl (C=O) groups excluding carboxylic acids is 1. The molecule has 27 heavy (non-hydrogen) atoms. The van der Waals surface area contributed by atoms with E-state index in [1.807, 2.05) is 29.5 Å². The third-order valence-corrected chi connectivity index (χ3v) is 7.43. The van der Waals surface area contributed by atoms with Crippen molar-refractivity contribution in [3.8, 4) is 0 Å². The summed E-state index contributed by atoms with van der Waals surface area (Å²) in [6, 6.07) is 0. The van der Waals surface area contributed by atoms with Gasteiger partial charge in [-0.25, -0.2) is 0 Å². The van der Waals surface area contributed by atoms with Gasteiger partial charge >= 0.3 is 18.3 Å². The lowest BCUT2D eigenvalue weighted by molar-refractivity contribution is -0.373. The molecule has 2 aliphatic carbocycles. The quantitative estimate of drug-likeness (QED) is 0.233. The first-order valence-corrected chi connectivity index (χ1v) is 9.94. The molecule has 2 fully saturated rings. The van der Waals surface area contributed by atoms with Crippen molar-refractivity contribution in [1.82, 2.24) is 0 Å². The fourth-order valence-corrected chi connectivity index (χ4v) is 4.51. The lowest BCUT2D eigenvalue weighted by Gasteiger charge is -2.36. The minimum atomic E-state index is -5.79. The van der Waals surface area contributed by atoms with E-state index in [1.165, 1.54) is 0 Å². The molecule has 0 aromatic heterocycles. The Kier molecular flexibility index (Phi) is 6.42. The van der Waals surface area contributed by atoms with Crippen molar-refractivity contribution in [2.24, 2.45) is 23.7 Å². The lowest BCUT2D eigenvalue weighted by Crippen LogP contribution is -2.58. The third kappa shape index (κ3) is 4.35. The molecule has 158 valence electrons. The van der Waals surface area contributed by atoms with Crippen LogP contribution in [0, 0.1) is 23.7 Å². The Balaban J connectivity index is 2.08. The van der Waals surface area contributed by atoms with Gasteiger partial charge in [0.1, 0.15) is 3.42 Å². The van der Waals surface area contributed by atoms with Crippen LogP contribution in [0.1, 0.15) is 46.0 Å². The van der Waals surface area contributed by atoms with Crippen molar-refractivity contribution in [1.29, 1.82) is 0 Å². The molecule has 0 aliphatic heterocycles. The van der Waals surface area contributed by atoms with Crippen LogP contribution in [0.4, 0.5) is 26.3 Å². The number of ether oxygens (including phenoxy) is 1. The van der Waals surface area contributed by atoms with Gasteiger partial charge in [0.2, 0.25) is 0 Å². The summed E-state index contributed by atoms with van der Waals surface area (Å²) < 4.78 is 82.5. The Bertz CT molecular complexity index is 546. The van der Waals surface area contributed by atoms with Gasteiger partial charge in [-0.3, -0.25) is 4.79 Å². The van der Waals surface area contributed by atoms with Crippen LogP contribution in [0.15, 0.2) is 0 Å². The van der Waals surface area contributed by atoms with Crippen molar-refractivity contribution in [3.05, 3.63) is 0 Å². The van der Waals surface area contributed by atoms with Crippen LogP contribution in [-0.4, -0.2) is 39.1 Å². The molecule has 2 bridgehead atoms. The summed E-state index contributed by atoms with van der Waals surface area (Å²) in [5.41, 5.74) is -4.71. The van der Waals surface area contributed by atoms with Crippen LogP contribution in [0.25, 0.3) is 0 Å². The molecule has 5 atom stereocenters. The zero-order valence-electron chi connectivity index (χ0n) is 15.0. The Labute approximate surface area is 167 Å². The number of rotatable bonds is 6. The Hall–Kier alpha value is -0.260. The molecular weight excluding hydrogens is 493 g/mol. The van der Waals surface area contributed by atoms with Crippen LogP contribution in [0.2, 0.25) is 0 Å².